The third-order valence-electron chi connectivity index (χ3n) is 4.94. The lowest BCUT2D eigenvalue weighted by atomic mass is 10.2. The Morgan fingerprint density at radius 3 is 2.79 bits per heavy atom. The predicted octanol–water partition coefficient (Wildman–Crippen LogP) is 3.50. The van der Waals surface area contributed by atoms with Crippen molar-refractivity contribution < 1.29 is 9.59 Å². The zero-order chi connectivity index (χ0) is 19.7. The molecule has 4 rings (SSSR count). The molecule has 0 saturated carbocycles. The number of anilines is 2. The molecule has 6 nitrogen and oxygen atoms in total. The maximum atomic E-state index is 12.9. The highest BCUT2D eigenvalue weighted by atomic mass is 35.5. The second-order valence-electron chi connectivity index (χ2n) is 6.72. The number of carbonyl (C=O) groups is 2. The van der Waals surface area contributed by atoms with Crippen LogP contribution in [0, 0.1) is 0 Å². The summed E-state index contributed by atoms with van der Waals surface area (Å²) < 4.78 is 1.99. The van der Waals surface area contributed by atoms with Gasteiger partial charge in [0.1, 0.15) is 5.69 Å². The Labute approximate surface area is 168 Å². The van der Waals surface area contributed by atoms with Gasteiger partial charge in [0.2, 0.25) is 5.91 Å². The van der Waals surface area contributed by atoms with Crippen molar-refractivity contribution in [3.05, 3.63) is 59.2 Å². The molecule has 2 amide bonds. The van der Waals surface area contributed by atoms with Gasteiger partial charge < -0.3 is 20.1 Å². The number of para-hydroxylation sites is 1. The molecule has 0 atom stereocenters. The number of nitrogens with one attached hydrogen (secondary N) is 2. The fourth-order valence-electron chi connectivity index (χ4n) is 3.62. The molecular formula is C21H21ClN4O2. The van der Waals surface area contributed by atoms with E-state index in [4.69, 9.17) is 11.6 Å². The lowest BCUT2D eigenvalue weighted by Crippen LogP contribution is -2.47. The summed E-state index contributed by atoms with van der Waals surface area (Å²) in [5, 5.41) is 7.26. The fourth-order valence-corrected chi connectivity index (χ4v) is 3.92. The lowest BCUT2D eigenvalue weighted by molar-refractivity contribution is -0.120. The number of piperazine rings is 1. The normalized spacial score (nSPS) is 14.2. The monoisotopic (exact) mass is 396 g/mol. The maximum absolute atomic E-state index is 12.9. The van der Waals surface area contributed by atoms with Gasteiger partial charge in [-0.25, -0.2) is 0 Å². The van der Waals surface area contributed by atoms with Crippen molar-refractivity contribution >= 4 is 45.7 Å². The number of amides is 2. The first-order chi connectivity index (χ1) is 13.6. The van der Waals surface area contributed by atoms with Crippen LogP contribution in [0.1, 0.15) is 17.4 Å². The average molecular weight is 397 g/mol. The molecule has 0 spiro atoms. The minimum absolute atomic E-state index is 0.0212. The molecule has 7 heteroatoms. The summed E-state index contributed by atoms with van der Waals surface area (Å²) >= 11 is 6.43. The Balaban J connectivity index is 1.57. The van der Waals surface area contributed by atoms with E-state index in [9.17, 15) is 9.59 Å². The van der Waals surface area contributed by atoms with E-state index in [1.165, 1.54) is 0 Å². The van der Waals surface area contributed by atoms with Gasteiger partial charge in [-0.3, -0.25) is 9.59 Å². The zero-order valence-electron chi connectivity index (χ0n) is 15.5. The molecule has 2 N–H and O–H groups in total. The van der Waals surface area contributed by atoms with E-state index < -0.39 is 0 Å². The van der Waals surface area contributed by atoms with Crippen LogP contribution in [0.2, 0.25) is 5.02 Å². The van der Waals surface area contributed by atoms with Crippen LogP contribution in [0.5, 0.6) is 0 Å². The molecule has 2 heterocycles. The molecule has 144 valence electrons. The number of aromatic nitrogens is 1. The Morgan fingerprint density at radius 1 is 1.21 bits per heavy atom. The van der Waals surface area contributed by atoms with E-state index in [0.717, 1.165) is 16.6 Å². The quantitative estimate of drug-likeness (QED) is 0.709. The number of nitrogens with zero attached hydrogens (tertiary/aromatic N) is 2. The Morgan fingerprint density at radius 2 is 2.04 bits per heavy atom. The number of rotatable bonds is 4. The molecule has 1 aromatic heterocycles. The van der Waals surface area contributed by atoms with Crippen LogP contribution in [0.15, 0.2) is 48.5 Å². The molecule has 1 saturated heterocycles. The lowest BCUT2D eigenvalue weighted by Gasteiger charge is -2.29. The topological polar surface area (TPSA) is 66.4 Å². The van der Waals surface area contributed by atoms with Crippen molar-refractivity contribution in [1.29, 1.82) is 0 Å². The van der Waals surface area contributed by atoms with Gasteiger partial charge in [0.05, 0.1) is 17.3 Å². The van der Waals surface area contributed by atoms with Gasteiger partial charge in [-0.05, 0) is 37.3 Å². The first-order valence-electron chi connectivity index (χ1n) is 9.27. The molecule has 0 unspecified atom stereocenters. The van der Waals surface area contributed by atoms with Gasteiger partial charge in [-0.1, -0.05) is 29.8 Å². The summed E-state index contributed by atoms with van der Waals surface area (Å²) in [6.07, 6.45) is 0. The van der Waals surface area contributed by atoms with E-state index in [1.807, 2.05) is 58.9 Å². The fraction of sp³-hybridized carbons (Fsp3) is 0.238. The third kappa shape index (κ3) is 3.43. The highest BCUT2D eigenvalue weighted by Crippen LogP contribution is 2.30. The van der Waals surface area contributed by atoms with Crippen molar-refractivity contribution in [3.63, 3.8) is 0 Å². The molecule has 1 aliphatic rings. The molecule has 28 heavy (non-hydrogen) atoms. The molecule has 3 aromatic rings. The van der Waals surface area contributed by atoms with E-state index in [-0.39, 0.29) is 18.4 Å². The SMILES string of the molecule is CCn1c(C(=O)Nc2ccc(N3CCNC(=O)C3)c(Cl)c2)cc2ccccc21. The molecule has 1 fully saturated rings. The molecule has 1 aliphatic heterocycles. The van der Waals surface area contributed by atoms with Crippen molar-refractivity contribution in [2.75, 3.05) is 29.9 Å². The number of halogens is 1. The molecular weight excluding hydrogens is 376 g/mol. The highest BCUT2D eigenvalue weighted by Gasteiger charge is 2.19. The summed E-state index contributed by atoms with van der Waals surface area (Å²) in [4.78, 5) is 26.4. The van der Waals surface area contributed by atoms with Gasteiger partial charge >= 0.3 is 0 Å². The summed E-state index contributed by atoms with van der Waals surface area (Å²) in [5.74, 6) is -0.202. The summed E-state index contributed by atoms with van der Waals surface area (Å²) in [6, 6.07) is 15.2. The Hall–Kier alpha value is -2.99. The number of fused-ring (bicyclic) bond motifs is 1. The third-order valence-corrected chi connectivity index (χ3v) is 5.25. The van der Waals surface area contributed by atoms with E-state index in [2.05, 4.69) is 10.6 Å². The molecule has 0 aliphatic carbocycles. The van der Waals surface area contributed by atoms with Crippen LogP contribution in [0.4, 0.5) is 11.4 Å². The highest BCUT2D eigenvalue weighted by molar-refractivity contribution is 6.33. The summed E-state index contributed by atoms with van der Waals surface area (Å²) in [7, 11) is 0. The summed E-state index contributed by atoms with van der Waals surface area (Å²) in [6.45, 7) is 4.29. The standard InChI is InChI=1S/C21H21ClN4O2/c1-2-26-17-6-4-3-5-14(17)11-19(26)21(28)24-15-7-8-18(16(22)12-15)25-10-9-23-20(27)13-25/h3-8,11-12H,2,9-10,13H2,1H3,(H,23,27)(H,24,28). The van der Waals surface area contributed by atoms with Gasteiger partial charge in [0.25, 0.3) is 5.91 Å². The van der Waals surface area contributed by atoms with Gasteiger partial charge in [0, 0.05) is 36.2 Å². The number of benzene rings is 2. The average Bonchev–Trinajstić information content (AvgIpc) is 3.07. The van der Waals surface area contributed by atoms with Crippen molar-refractivity contribution in [3.8, 4) is 0 Å². The predicted molar refractivity (Wildman–Crippen MR) is 112 cm³/mol. The number of carbonyl (C=O) groups excluding carboxylic acids is 2. The number of hydrogen-bond acceptors (Lipinski definition) is 3. The molecule has 0 bridgehead atoms. The first kappa shape index (κ1) is 18.4. The second-order valence-corrected chi connectivity index (χ2v) is 7.13. The minimum Gasteiger partial charge on any atom is -0.359 e. The maximum Gasteiger partial charge on any atom is 0.272 e. The van der Waals surface area contributed by atoms with Gasteiger partial charge in [-0.15, -0.1) is 0 Å². The zero-order valence-corrected chi connectivity index (χ0v) is 16.3. The smallest absolute Gasteiger partial charge is 0.272 e. The molecule has 2 aromatic carbocycles. The van der Waals surface area contributed by atoms with Crippen molar-refractivity contribution in [1.82, 2.24) is 9.88 Å². The van der Waals surface area contributed by atoms with Crippen LogP contribution in [-0.4, -0.2) is 36.0 Å². The molecule has 0 radical (unpaired) electrons. The van der Waals surface area contributed by atoms with Crippen molar-refractivity contribution in [2.45, 2.75) is 13.5 Å². The second kappa shape index (κ2) is 7.56. The van der Waals surface area contributed by atoms with E-state index in [1.54, 1.807) is 6.07 Å². The van der Waals surface area contributed by atoms with Crippen LogP contribution in [-0.2, 0) is 11.3 Å². The largest absolute Gasteiger partial charge is 0.359 e. The van der Waals surface area contributed by atoms with Crippen molar-refractivity contribution in [2.24, 2.45) is 0 Å². The van der Waals surface area contributed by atoms with E-state index >= 15 is 0 Å². The number of hydrogen-bond donors (Lipinski definition) is 2. The van der Waals surface area contributed by atoms with Crippen LogP contribution < -0.4 is 15.5 Å². The number of aryl methyl sites for hydroxylation is 1. The minimum atomic E-state index is -0.181. The summed E-state index contributed by atoms with van der Waals surface area (Å²) in [5.41, 5.74) is 3.05. The Bertz CT molecular complexity index is 1060. The first-order valence-corrected chi connectivity index (χ1v) is 9.65. The Kier molecular flexibility index (Phi) is 4.96. The van der Waals surface area contributed by atoms with Crippen LogP contribution in [0.25, 0.3) is 10.9 Å². The van der Waals surface area contributed by atoms with E-state index in [0.29, 0.717) is 36.0 Å². The van der Waals surface area contributed by atoms with Gasteiger partial charge in [0.15, 0.2) is 0 Å². The van der Waals surface area contributed by atoms with Crippen LogP contribution in [0.3, 0.4) is 0 Å². The van der Waals surface area contributed by atoms with Gasteiger partial charge in [-0.2, -0.15) is 0 Å². The van der Waals surface area contributed by atoms with Crippen LogP contribution >= 0.6 is 11.6 Å².